The summed E-state index contributed by atoms with van der Waals surface area (Å²) in [5.74, 6) is 0.257. The van der Waals surface area contributed by atoms with Crippen LogP contribution in [0.3, 0.4) is 0 Å². The van der Waals surface area contributed by atoms with Gasteiger partial charge in [0.05, 0.1) is 5.56 Å². The minimum absolute atomic E-state index is 0.253. The molecule has 2 aromatic rings. The van der Waals surface area contributed by atoms with Crippen LogP contribution in [0.15, 0.2) is 30.3 Å². The van der Waals surface area contributed by atoms with Crippen molar-refractivity contribution in [3.05, 3.63) is 41.6 Å². The fraction of sp³-hybridized carbons (Fsp3) is 0.167. The van der Waals surface area contributed by atoms with Crippen LogP contribution >= 0.6 is 0 Å². The van der Waals surface area contributed by atoms with Crippen LogP contribution in [0, 0.1) is 0 Å². The van der Waals surface area contributed by atoms with Gasteiger partial charge in [-0.1, -0.05) is 19.1 Å². The Morgan fingerprint density at radius 2 is 2.24 bits per heavy atom. The molecular weight excluding hydrogens is 216 g/mol. The van der Waals surface area contributed by atoms with E-state index in [0.717, 1.165) is 12.1 Å². The first kappa shape index (κ1) is 11.2. The summed E-state index contributed by atoms with van der Waals surface area (Å²) < 4.78 is 0. The average molecular weight is 230 g/mol. The van der Waals surface area contributed by atoms with E-state index >= 15 is 0 Å². The van der Waals surface area contributed by atoms with Gasteiger partial charge in [-0.05, 0) is 18.6 Å². The van der Waals surface area contributed by atoms with Crippen molar-refractivity contribution in [1.82, 2.24) is 10.2 Å². The number of carbonyl (C=O) groups excluding carboxylic acids is 1. The number of para-hydroxylation sites is 1. The average Bonchev–Trinajstić information content (AvgIpc) is 2.77. The lowest BCUT2D eigenvalue weighted by Gasteiger charge is -2.04. The van der Waals surface area contributed by atoms with Gasteiger partial charge in [-0.15, -0.1) is 0 Å². The maximum atomic E-state index is 11.9. The summed E-state index contributed by atoms with van der Waals surface area (Å²) in [6.07, 6.45) is 0.844. The summed E-state index contributed by atoms with van der Waals surface area (Å²) in [5, 5.41) is 9.51. The zero-order valence-electron chi connectivity index (χ0n) is 9.53. The van der Waals surface area contributed by atoms with Crippen LogP contribution < -0.4 is 11.1 Å². The monoisotopic (exact) mass is 230 g/mol. The maximum absolute atomic E-state index is 11.9. The van der Waals surface area contributed by atoms with Crippen molar-refractivity contribution in [1.29, 1.82) is 0 Å². The molecule has 0 saturated heterocycles. The number of nitrogens with two attached hydrogens (primary N) is 1. The highest BCUT2D eigenvalue weighted by Crippen LogP contribution is 2.13. The van der Waals surface area contributed by atoms with E-state index in [1.165, 1.54) is 0 Å². The molecule has 88 valence electrons. The molecule has 17 heavy (non-hydrogen) atoms. The van der Waals surface area contributed by atoms with Gasteiger partial charge in [0, 0.05) is 17.4 Å². The molecule has 0 unspecified atom stereocenters. The third-order valence-corrected chi connectivity index (χ3v) is 2.46. The van der Waals surface area contributed by atoms with Crippen molar-refractivity contribution in [2.45, 2.75) is 13.3 Å². The van der Waals surface area contributed by atoms with Crippen molar-refractivity contribution < 1.29 is 4.79 Å². The number of carbonyl (C=O) groups is 1. The third-order valence-electron chi connectivity index (χ3n) is 2.46. The van der Waals surface area contributed by atoms with Crippen LogP contribution in [0.1, 0.15) is 23.0 Å². The van der Waals surface area contributed by atoms with Gasteiger partial charge in [-0.3, -0.25) is 9.89 Å². The predicted molar refractivity (Wildman–Crippen MR) is 66.8 cm³/mol. The molecule has 0 radical (unpaired) electrons. The summed E-state index contributed by atoms with van der Waals surface area (Å²) >= 11 is 0. The summed E-state index contributed by atoms with van der Waals surface area (Å²) in [7, 11) is 0. The normalized spacial score (nSPS) is 10.2. The summed E-state index contributed by atoms with van der Waals surface area (Å²) in [4.78, 5) is 11.9. The van der Waals surface area contributed by atoms with E-state index < -0.39 is 0 Å². The second-order valence-corrected chi connectivity index (χ2v) is 3.67. The molecule has 0 atom stereocenters. The molecule has 1 amide bonds. The molecule has 4 N–H and O–H groups in total. The first-order chi connectivity index (χ1) is 8.20. The smallest absolute Gasteiger partial charge is 0.258 e. The second kappa shape index (κ2) is 4.69. The third kappa shape index (κ3) is 2.44. The fourth-order valence-electron chi connectivity index (χ4n) is 1.49. The molecule has 0 aliphatic heterocycles. The second-order valence-electron chi connectivity index (χ2n) is 3.67. The molecule has 0 saturated carbocycles. The van der Waals surface area contributed by atoms with Crippen molar-refractivity contribution in [2.24, 2.45) is 0 Å². The number of anilines is 2. The number of H-pyrrole nitrogens is 1. The van der Waals surface area contributed by atoms with E-state index in [0.29, 0.717) is 17.1 Å². The van der Waals surface area contributed by atoms with E-state index in [4.69, 9.17) is 5.73 Å². The molecule has 5 heteroatoms. The van der Waals surface area contributed by atoms with Crippen molar-refractivity contribution in [3.63, 3.8) is 0 Å². The van der Waals surface area contributed by atoms with Gasteiger partial charge < -0.3 is 11.1 Å². The van der Waals surface area contributed by atoms with Gasteiger partial charge in [-0.2, -0.15) is 5.10 Å². The zero-order valence-corrected chi connectivity index (χ0v) is 9.53. The number of hydrogen-bond acceptors (Lipinski definition) is 3. The Kier molecular flexibility index (Phi) is 3.09. The van der Waals surface area contributed by atoms with Gasteiger partial charge >= 0.3 is 0 Å². The van der Waals surface area contributed by atoms with E-state index in [-0.39, 0.29) is 5.91 Å². The number of rotatable bonds is 3. The number of aromatic nitrogens is 2. The fourth-order valence-corrected chi connectivity index (χ4v) is 1.49. The molecule has 0 bridgehead atoms. The van der Waals surface area contributed by atoms with Crippen LogP contribution in [0.2, 0.25) is 0 Å². The first-order valence-electron chi connectivity index (χ1n) is 5.41. The number of nitrogens with zero attached hydrogens (tertiary/aromatic N) is 1. The minimum atomic E-state index is -0.253. The Labute approximate surface area is 99.0 Å². The number of hydrogen-bond donors (Lipinski definition) is 3. The largest absolute Gasteiger partial charge is 0.398 e. The lowest BCUT2D eigenvalue weighted by molar-refractivity contribution is 0.102. The highest BCUT2D eigenvalue weighted by molar-refractivity contribution is 6.07. The molecule has 1 heterocycles. The Hall–Kier alpha value is -2.30. The maximum Gasteiger partial charge on any atom is 0.258 e. The van der Waals surface area contributed by atoms with Crippen LogP contribution in [0.4, 0.5) is 11.5 Å². The summed E-state index contributed by atoms with van der Waals surface area (Å²) in [5.41, 5.74) is 7.60. The van der Waals surface area contributed by atoms with Gasteiger partial charge in [0.1, 0.15) is 0 Å². The Bertz CT molecular complexity index is 533. The molecule has 5 nitrogen and oxygen atoms in total. The molecule has 0 spiro atoms. The molecule has 1 aromatic carbocycles. The Balaban J connectivity index is 2.14. The quantitative estimate of drug-likeness (QED) is 0.703. The van der Waals surface area contributed by atoms with Gasteiger partial charge in [0.15, 0.2) is 5.82 Å². The molecule has 2 rings (SSSR count). The number of aromatic amines is 1. The van der Waals surface area contributed by atoms with Gasteiger partial charge in [0.2, 0.25) is 0 Å². The van der Waals surface area contributed by atoms with Crippen LogP contribution in [0.5, 0.6) is 0 Å². The lowest BCUT2D eigenvalue weighted by Crippen LogP contribution is -2.14. The van der Waals surface area contributed by atoms with Crippen molar-refractivity contribution >= 4 is 17.4 Å². The Morgan fingerprint density at radius 3 is 2.88 bits per heavy atom. The topological polar surface area (TPSA) is 83.8 Å². The highest BCUT2D eigenvalue weighted by Gasteiger charge is 2.10. The van der Waals surface area contributed by atoms with E-state index in [2.05, 4.69) is 15.5 Å². The zero-order chi connectivity index (χ0) is 12.3. The number of benzene rings is 1. The first-order valence-corrected chi connectivity index (χ1v) is 5.41. The summed E-state index contributed by atoms with van der Waals surface area (Å²) in [6, 6.07) is 8.73. The summed E-state index contributed by atoms with van der Waals surface area (Å²) in [6.45, 7) is 2.01. The molecule has 1 aromatic heterocycles. The van der Waals surface area contributed by atoms with Crippen LogP contribution in [-0.4, -0.2) is 16.1 Å². The predicted octanol–water partition coefficient (Wildman–Crippen LogP) is 1.81. The molecule has 0 aliphatic rings. The van der Waals surface area contributed by atoms with E-state index in [1.54, 1.807) is 30.3 Å². The van der Waals surface area contributed by atoms with Crippen molar-refractivity contribution in [2.75, 3.05) is 11.1 Å². The lowest BCUT2D eigenvalue weighted by atomic mass is 10.1. The standard InChI is InChI=1S/C12H14N4O/c1-2-8-7-11(16-15-8)14-12(17)9-5-3-4-6-10(9)13/h3-7H,2,13H2,1H3,(H2,14,15,16,17). The number of amides is 1. The molecule has 0 fully saturated rings. The van der Waals surface area contributed by atoms with E-state index in [1.807, 2.05) is 6.92 Å². The number of aryl methyl sites for hydroxylation is 1. The van der Waals surface area contributed by atoms with Gasteiger partial charge in [-0.25, -0.2) is 0 Å². The SMILES string of the molecule is CCc1cc(NC(=O)c2ccccc2N)n[nH]1. The Morgan fingerprint density at radius 1 is 1.47 bits per heavy atom. The van der Waals surface area contributed by atoms with E-state index in [9.17, 15) is 4.79 Å². The highest BCUT2D eigenvalue weighted by atomic mass is 16.1. The van der Waals surface area contributed by atoms with Crippen molar-refractivity contribution in [3.8, 4) is 0 Å². The number of nitrogen functional groups attached to an aromatic ring is 1. The van der Waals surface area contributed by atoms with Gasteiger partial charge in [0.25, 0.3) is 5.91 Å². The number of nitrogens with one attached hydrogen (secondary N) is 2. The molecule has 0 aliphatic carbocycles. The van der Waals surface area contributed by atoms with Crippen LogP contribution in [-0.2, 0) is 6.42 Å². The minimum Gasteiger partial charge on any atom is -0.398 e. The van der Waals surface area contributed by atoms with Crippen LogP contribution in [0.25, 0.3) is 0 Å². The molecular formula is C12H14N4O.